The minimum Gasteiger partial charge on any atom is -0.382 e. The van der Waals surface area contributed by atoms with Gasteiger partial charge in [0.1, 0.15) is 23.4 Å². The van der Waals surface area contributed by atoms with E-state index in [9.17, 15) is 19.2 Å². The number of Topliss-reactive ketones (excluding diaryl/α,β-unsaturated/α-hetero) is 1. The number of benzene rings is 1. The van der Waals surface area contributed by atoms with Crippen molar-refractivity contribution in [3.8, 4) is 0 Å². The van der Waals surface area contributed by atoms with E-state index in [-0.39, 0.29) is 37.7 Å². The van der Waals surface area contributed by atoms with Crippen LogP contribution in [0.2, 0.25) is 0 Å². The maximum atomic E-state index is 13.3. The molecule has 0 aliphatic carbocycles. The topological polar surface area (TPSA) is 153 Å². The van der Waals surface area contributed by atoms with Crippen molar-refractivity contribution in [1.82, 2.24) is 20.7 Å². The number of likely N-dealkylation sites (N-methyl/N-ethyl adjacent to an activating group) is 1. The van der Waals surface area contributed by atoms with Crippen molar-refractivity contribution in [2.75, 3.05) is 41.1 Å². The van der Waals surface area contributed by atoms with Crippen molar-refractivity contribution >= 4 is 23.5 Å². The van der Waals surface area contributed by atoms with Gasteiger partial charge in [-0.2, -0.15) is 0 Å². The molecule has 3 amide bonds. The minimum absolute atomic E-state index is 0.0307. The van der Waals surface area contributed by atoms with E-state index in [1.54, 1.807) is 13.8 Å². The number of rotatable bonds is 14. The van der Waals surface area contributed by atoms with Gasteiger partial charge in [-0.3, -0.25) is 19.2 Å². The summed E-state index contributed by atoms with van der Waals surface area (Å²) in [5, 5.41) is 9.08. The van der Waals surface area contributed by atoms with Crippen molar-refractivity contribution in [2.45, 2.75) is 44.0 Å². The third-order valence-electron chi connectivity index (χ3n) is 6.24. The maximum Gasteiger partial charge on any atom is 0.276 e. The number of ketones is 1. The van der Waals surface area contributed by atoms with E-state index >= 15 is 0 Å². The molecule has 1 aromatic heterocycles. The zero-order valence-electron chi connectivity index (χ0n) is 22.2. The molecule has 38 heavy (non-hydrogen) atoms. The van der Waals surface area contributed by atoms with Gasteiger partial charge in [-0.15, -0.1) is 0 Å². The highest BCUT2D eigenvalue weighted by molar-refractivity contribution is 5.99. The highest BCUT2D eigenvalue weighted by atomic mass is 16.6. The van der Waals surface area contributed by atoms with Gasteiger partial charge in [-0.05, 0) is 25.8 Å². The molecule has 12 heteroatoms. The van der Waals surface area contributed by atoms with Gasteiger partial charge < -0.3 is 34.3 Å². The summed E-state index contributed by atoms with van der Waals surface area (Å²) in [6.45, 7) is 3.28. The number of aryl methyl sites for hydroxylation is 1. The number of hydrogen-bond acceptors (Lipinski definition) is 9. The molecule has 1 aliphatic rings. The number of nitrogens with one attached hydrogen (secondary N) is 2. The highest BCUT2D eigenvalue weighted by Gasteiger charge is 2.50. The molecule has 0 spiro atoms. The van der Waals surface area contributed by atoms with Gasteiger partial charge in [0.25, 0.3) is 5.91 Å². The average molecular weight is 531 g/mol. The molecule has 2 heterocycles. The van der Waals surface area contributed by atoms with Gasteiger partial charge in [0.05, 0.1) is 25.9 Å². The van der Waals surface area contributed by atoms with Crippen molar-refractivity contribution in [2.24, 2.45) is 0 Å². The normalized spacial score (nSPS) is 18.7. The summed E-state index contributed by atoms with van der Waals surface area (Å²) in [5.41, 5.74) is -0.0759. The summed E-state index contributed by atoms with van der Waals surface area (Å²) in [5.74, 6) is -1.64. The van der Waals surface area contributed by atoms with Crippen LogP contribution >= 0.6 is 0 Å². The SMILES string of the molecule is COC[C@H](NC(=O)[C@H](COC)N(C)C(=O)c1cc(C)on1)C(=O)N[C@@H](Cc1ccccc1)C(=O)[C@@]1(C)CO1. The number of hydrogen-bond donors (Lipinski definition) is 2. The molecule has 2 aromatic rings. The largest absolute Gasteiger partial charge is 0.382 e. The van der Waals surface area contributed by atoms with E-state index in [2.05, 4.69) is 15.8 Å². The van der Waals surface area contributed by atoms with Crippen LogP contribution in [0, 0.1) is 6.92 Å². The summed E-state index contributed by atoms with van der Waals surface area (Å²) < 4.78 is 20.6. The van der Waals surface area contributed by atoms with E-state index in [0.29, 0.717) is 5.76 Å². The highest BCUT2D eigenvalue weighted by Crippen LogP contribution is 2.29. The molecular formula is C26H34N4O8. The first-order chi connectivity index (χ1) is 18.1. The predicted molar refractivity (Wildman–Crippen MR) is 134 cm³/mol. The van der Waals surface area contributed by atoms with Gasteiger partial charge in [0.15, 0.2) is 11.5 Å². The Labute approximate surface area is 220 Å². The Morgan fingerprint density at radius 3 is 2.24 bits per heavy atom. The van der Waals surface area contributed by atoms with Crippen LogP contribution in [0.15, 0.2) is 40.9 Å². The molecule has 0 unspecified atom stereocenters. The summed E-state index contributed by atoms with van der Waals surface area (Å²) in [6, 6.07) is 7.59. The average Bonchev–Trinajstić information content (AvgIpc) is 3.51. The number of carbonyl (C=O) groups excluding carboxylic acids is 4. The zero-order chi connectivity index (χ0) is 27.9. The first-order valence-corrected chi connectivity index (χ1v) is 12.1. The molecule has 12 nitrogen and oxygen atoms in total. The van der Waals surface area contributed by atoms with Crippen LogP contribution in [0.1, 0.15) is 28.7 Å². The molecule has 1 fully saturated rings. The Bertz CT molecular complexity index is 1130. The third kappa shape index (κ3) is 7.24. The van der Waals surface area contributed by atoms with Crippen molar-refractivity contribution < 1.29 is 37.9 Å². The molecule has 0 bridgehead atoms. The standard InChI is InChI=1S/C26H34N4O8/c1-16-11-19(29-38-16)25(34)30(3)21(14-36-5)24(33)28-20(13-35-4)23(32)27-18(22(31)26(2)15-37-26)12-17-9-7-6-8-10-17/h6-11,18,20-21H,12-15H2,1-5H3,(H,27,32)(H,28,33)/t18-,20-,21-,26+/m0/s1. The Morgan fingerprint density at radius 2 is 1.68 bits per heavy atom. The first kappa shape index (κ1) is 29.0. The molecule has 1 aromatic carbocycles. The number of methoxy groups -OCH3 is 2. The lowest BCUT2D eigenvalue weighted by Crippen LogP contribution is -2.59. The van der Waals surface area contributed by atoms with E-state index in [0.717, 1.165) is 10.5 Å². The summed E-state index contributed by atoms with van der Waals surface area (Å²) in [7, 11) is 4.19. The van der Waals surface area contributed by atoms with Crippen LogP contribution in [0.4, 0.5) is 0 Å². The Balaban J connectivity index is 1.74. The molecule has 0 radical (unpaired) electrons. The van der Waals surface area contributed by atoms with Crippen LogP contribution in [-0.2, 0) is 35.0 Å². The predicted octanol–water partition coefficient (Wildman–Crippen LogP) is 0.287. The second-order valence-electron chi connectivity index (χ2n) is 9.36. The lowest BCUT2D eigenvalue weighted by molar-refractivity contribution is -0.135. The third-order valence-corrected chi connectivity index (χ3v) is 6.24. The van der Waals surface area contributed by atoms with E-state index in [4.69, 9.17) is 18.7 Å². The van der Waals surface area contributed by atoms with Crippen molar-refractivity contribution in [3.05, 3.63) is 53.4 Å². The van der Waals surface area contributed by atoms with Crippen LogP contribution < -0.4 is 10.6 Å². The number of epoxide rings is 1. The van der Waals surface area contributed by atoms with E-state index in [1.807, 2.05) is 30.3 Å². The maximum absolute atomic E-state index is 13.3. The van der Waals surface area contributed by atoms with Crippen molar-refractivity contribution in [1.29, 1.82) is 0 Å². The fourth-order valence-corrected chi connectivity index (χ4v) is 3.88. The van der Waals surface area contributed by atoms with Crippen LogP contribution in [0.5, 0.6) is 0 Å². The minimum atomic E-state index is -1.15. The lowest BCUT2D eigenvalue weighted by atomic mass is 9.94. The quantitative estimate of drug-likeness (QED) is 0.328. The van der Waals surface area contributed by atoms with Gasteiger partial charge in [0, 0.05) is 27.3 Å². The van der Waals surface area contributed by atoms with E-state index < -0.39 is 41.4 Å². The Kier molecular flexibility index (Phi) is 9.72. The van der Waals surface area contributed by atoms with Gasteiger partial charge in [-0.25, -0.2) is 0 Å². The summed E-state index contributed by atoms with van der Waals surface area (Å²) in [4.78, 5) is 53.7. The number of carbonyl (C=O) groups is 4. The molecule has 3 rings (SSSR count). The smallest absolute Gasteiger partial charge is 0.276 e. The van der Waals surface area contributed by atoms with Gasteiger partial charge in [0.2, 0.25) is 11.8 Å². The first-order valence-electron chi connectivity index (χ1n) is 12.1. The zero-order valence-corrected chi connectivity index (χ0v) is 22.2. The molecular weight excluding hydrogens is 496 g/mol. The molecule has 0 saturated carbocycles. The fourth-order valence-electron chi connectivity index (χ4n) is 3.88. The van der Waals surface area contributed by atoms with Gasteiger partial charge >= 0.3 is 0 Å². The number of amides is 3. The second-order valence-corrected chi connectivity index (χ2v) is 9.36. The Morgan fingerprint density at radius 1 is 1.05 bits per heavy atom. The monoisotopic (exact) mass is 530 g/mol. The van der Waals surface area contributed by atoms with Gasteiger partial charge in [-0.1, -0.05) is 35.5 Å². The Hall–Kier alpha value is -3.61. The summed E-state index contributed by atoms with van der Waals surface area (Å²) in [6.07, 6.45) is 0.249. The molecule has 2 N–H and O–H groups in total. The molecule has 4 atom stereocenters. The second kappa shape index (κ2) is 12.8. The van der Waals surface area contributed by atoms with Crippen LogP contribution in [0.3, 0.4) is 0 Å². The number of ether oxygens (including phenoxy) is 3. The molecule has 1 saturated heterocycles. The van der Waals surface area contributed by atoms with E-state index in [1.165, 1.54) is 27.3 Å². The van der Waals surface area contributed by atoms with Crippen molar-refractivity contribution in [3.63, 3.8) is 0 Å². The molecule has 206 valence electrons. The summed E-state index contributed by atoms with van der Waals surface area (Å²) >= 11 is 0. The number of nitrogens with zero attached hydrogens (tertiary/aromatic N) is 2. The molecule has 1 aliphatic heterocycles. The fraction of sp³-hybridized carbons (Fsp3) is 0.500. The lowest BCUT2D eigenvalue weighted by Gasteiger charge is -2.28. The van der Waals surface area contributed by atoms with Crippen LogP contribution in [0.25, 0.3) is 0 Å². The number of aromatic nitrogens is 1. The van der Waals surface area contributed by atoms with Crippen LogP contribution in [-0.4, -0.2) is 98.4 Å².